The van der Waals surface area contributed by atoms with Crippen molar-refractivity contribution in [2.24, 2.45) is 35.5 Å². The molecule has 6 atom stereocenters. The molecule has 46 heavy (non-hydrogen) atoms. The summed E-state index contributed by atoms with van der Waals surface area (Å²) in [6.45, 7) is 0.0594. The Labute approximate surface area is 265 Å². The van der Waals surface area contributed by atoms with Gasteiger partial charge in [0.25, 0.3) is 20.2 Å². The van der Waals surface area contributed by atoms with Gasteiger partial charge in [0, 0.05) is 33.7 Å². The van der Waals surface area contributed by atoms with Crippen LogP contribution in [-0.2, 0) is 28.6 Å². The Balaban J connectivity index is 1.01. The molecular weight excluding hydrogens is 633 g/mol. The monoisotopic (exact) mass is 662 g/mol. The lowest BCUT2D eigenvalue weighted by Gasteiger charge is -2.31. The molecule has 0 heterocycles. The van der Waals surface area contributed by atoms with Gasteiger partial charge in [-0.1, -0.05) is 24.3 Å². The van der Waals surface area contributed by atoms with Crippen molar-refractivity contribution < 1.29 is 35.4 Å². The zero-order chi connectivity index (χ0) is 32.4. The largest absolute Gasteiger partial charge is 0.501 e. The summed E-state index contributed by atoms with van der Waals surface area (Å²) in [5.41, 5.74) is -0.139. The molecule has 0 radical (unpaired) electrons. The zero-order valence-electron chi connectivity index (χ0n) is 24.4. The zero-order valence-corrected chi connectivity index (χ0v) is 26.1. The Morgan fingerprint density at radius 3 is 1.70 bits per heavy atom. The molecule has 12 nitrogen and oxygen atoms in total. The van der Waals surface area contributed by atoms with Crippen LogP contribution in [0.4, 0.5) is 11.4 Å². The van der Waals surface area contributed by atoms with Gasteiger partial charge in [-0.3, -0.25) is 8.37 Å². The van der Waals surface area contributed by atoms with Gasteiger partial charge in [0.05, 0.1) is 13.2 Å². The fraction of sp³-hybridized carbons (Fsp3) is 0.375. The molecule has 3 fully saturated rings. The molecule has 14 heteroatoms. The molecule has 0 aliphatic heterocycles. The van der Waals surface area contributed by atoms with Crippen LogP contribution in [0.3, 0.4) is 0 Å². The maximum absolute atomic E-state index is 13.3. The van der Waals surface area contributed by atoms with Crippen molar-refractivity contribution in [3.8, 4) is 11.5 Å². The van der Waals surface area contributed by atoms with Crippen LogP contribution >= 0.6 is 0 Å². The number of hydrogen-bond donors (Lipinski definition) is 2. The van der Waals surface area contributed by atoms with Crippen LogP contribution in [0.2, 0.25) is 0 Å². The average Bonchev–Trinajstić information content (AvgIpc) is 3.76. The molecular formula is C32H30N4O8S2+2. The number of fused-ring (bicyclic) bond motifs is 7. The van der Waals surface area contributed by atoms with Gasteiger partial charge >= 0.3 is 11.4 Å². The maximum Gasteiger partial charge on any atom is 0.426 e. The molecule has 3 aliphatic rings. The third-order valence-corrected chi connectivity index (χ3v) is 13.0. The summed E-state index contributed by atoms with van der Waals surface area (Å²) in [6.07, 6.45) is 3.45. The number of diazo groups is 2. The van der Waals surface area contributed by atoms with E-state index in [1.807, 2.05) is 0 Å². The lowest BCUT2D eigenvalue weighted by atomic mass is 9.76. The Bertz CT molecular complexity index is 2210. The van der Waals surface area contributed by atoms with Crippen molar-refractivity contribution in [2.75, 3.05) is 13.2 Å². The molecule has 0 saturated heterocycles. The smallest absolute Gasteiger partial charge is 0.426 e. The minimum Gasteiger partial charge on any atom is -0.501 e. The van der Waals surface area contributed by atoms with Crippen molar-refractivity contribution in [1.29, 1.82) is 10.8 Å². The first-order valence-corrected chi connectivity index (χ1v) is 17.8. The van der Waals surface area contributed by atoms with E-state index < -0.39 is 20.2 Å². The predicted molar refractivity (Wildman–Crippen MR) is 166 cm³/mol. The van der Waals surface area contributed by atoms with Gasteiger partial charge < -0.3 is 10.2 Å². The Morgan fingerprint density at radius 1 is 0.630 bits per heavy atom. The summed E-state index contributed by atoms with van der Waals surface area (Å²) in [4.78, 5) is 5.89. The van der Waals surface area contributed by atoms with Crippen molar-refractivity contribution in [2.45, 2.75) is 35.5 Å². The van der Waals surface area contributed by atoms with E-state index in [1.54, 1.807) is 0 Å². The highest BCUT2D eigenvalue weighted by Gasteiger charge is 2.56. The van der Waals surface area contributed by atoms with Gasteiger partial charge in [-0.25, -0.2) is 0 Å². The number of phenolic OH excluding ortho intramolecular Hbond substituents is 2. The van der Waals surface area contributed by atoms with Crippen LogP contribution in [0, 0.1) is 46.3 Å². The second-order valence-corrected chi connectivity index (χ2v) is 15.7. The molecule has 0 amide bonds. The van der Waals surface area contributed by atoms with E-state index in [4.69, 9.17) is 19.2 Å². The van der Waals surface area contributed by atoms with Crippen molar-refractivity contribution >= 4 is 53.2 Å². The third kappa shape index (κ3) is 4.93. The van der Waals surface area contributed by atoms with E-state index in [9.17, 15) is 27.0 Å². The fourth-order valence-corrected chi connectivity index (χ4v) is 10.7. The Morgan fingerprint density at radius 2 is 1.15 bits per heavy atom. The number of rotatable bonds is 8. The van der Waals surface area contributed by atoms with Crippen LogP contribution in [0.25, 0.3) is 31.5 Å². The summed E-state index contributed by atoms with van der Waals surface area (Å²) in [5, 5.41) is 39.9. The molecule has 7 rings (SSSR count). The van der Waals surface area contributed by atoms with Gasteiger partial charge in [-0.05, 0) is 85.5 Å². The summed E-state index contributed by atoms with van der Waals surface area (Å²) in [7, 11) is -8.31. The number of hydrogen-bond acceptors (Lipinski definition) is 10. The second kappa shape index (κ2) is 11.2. The Hall–Kier alpha value is -4.34. The van der Waals surface area contributed by atoms with Gasteiger partial charge in [-0.15, -0.1) is 0 Å². The molecule has 3 aliphatic carbocycles. The van der Waals surface area contributed by atoms with Crippen molar-refractivity contribution in [3.05, 3.63) is 70.6 Å². The van der Waals surface area contributed by atoms with E-state index >= 15 is 0 Å². The summed E-state index contributed by atoms with van der Waals surface area (Å²) in [6, 6.07) is 14.5. The topological polar surface area (TPSA) is 183 Å². The molecule has 2 bridgehead atoms. The Kier molecular flexibility index (Phi) is 7.36. The first-order valence-electron chi connectivity index (χ1n) is 15.0. The van der Waals surface area contributed by atoms with E-state index in [2.05, 4.69) is 9.95 Å². The number of nitrogens with zero attached hydrogens (tertiary/aromatic N) is 4. The molecule has 6 unspecified atom stereocenters. The molecule has 0 spiro atoms. The second-order valence-electron chi connectivity index (χ2n) is 12.6. The average molecular weight is 663 g/mol. The van der Waals surface area contributed by atoms with E-state index in [0.717, 1.165) is 25.7 Å². The fourth-order valence-electron chi connectivity index (χ4n) is 8.34. The molecule has 2 N–H and O–H groups in total. The van der Waals surface area contributed by atoms with Crippen LogP contribution < -0.4 is 0 Å². The summed E-state index contributed by atoms with van der Waals surface area (Å²) in [5.74, 6) is 0.861. The van der Waals surface area contributed by atoms with Gasteiger partial charge in [0.15, 0.2) is 9.95 Å². The number of benzene rings is 4. The highest BCUT2D eigenvalue weighted by atomic mass is 32.2. The molecule has 3 saturated carbocycles. The van der Waals surface area contributed by atoms with Gasteiger partial charge in [0.1, 0.15) is 9.79 Å². The highest BCUT2D eigenvalue weighted by molar-refractivity contribution is 7.87. The van der Waals surface area contributed by atoms with E-state index in [1.165, 1.54) is 60.7 Å². The molecule has 4 aromatic carbocycles. The first-order chi connectivity index (χ1) is 22.0. The lowest BCUT2D eigenvalue weighted by Crippen LogP contribution is -2.28. The normalized spacial score (nSPS) is 25.4. The van der Waals surface area contributed by atoms with Gasteiger partial charge in [0.2, 0.25) is 22.3 Å². The predicted octanol–water partition coefficient (Wildman–Crippen LogP) is 6.78. The van der Waals surface area contributed by atoms with Crippen LogP contribution in [0.1, 0.15) is 25.7 Å². The van der Waals surface area contributed by atoms with E-state index in [-0.39, 0.29) is 85.2 Å². The number of phenols is 2. The molecule has 236 valence electrons. The molecule has 0 aromatic heterocycles. The van der Waals surface area contributed by atoms with E-state index in [0.29, 0.717) is 17.8 Å². The quantitative estimate of drug-likeness (QED) is 0.151. The summed E-state index contributed by atoms with van der Waals surface area (Å²) < 4.78 is 64.3. The third-order valence-electron chi connectivity index (χ3n) is 10.3. The van der Waals surface area contributed by atoms with Crippen LogP contribution in [0.15, 0.2) is 70.5 Å². The summed E-state index contributed by atoms with van der Waals surface area (Å²) >= 11 is 0. The molecule has 4 aromatic rings. The van der Waals surface area contributed by atoms with Gasteiger partial charge in [-0.2, -0.15) is 16.8 Å². The number of aromatic hydroxyl groups is 2. The van der Waals surface area contributed by atoms with Crippen LogP contribution in [-0.4, -0.2) is 40.3 Å². The maximum atomic E-state index is 13.3. The van der Waals surface area contributed by atoms with Crippen LogP contribution in [0.5, 0.6) is 11.5 Å². The van der Waals surface area contributed by atoms with Crippen molar-refractivity contribution in [3.63, 3.8) is 0 Å². The minimum atomic E-state index is -4.16. The lowest BCUT2D eigenvalue weighted by molar-refractivity contribution is 0.135. The standard InChI is InChI=1S/C32H28N4O8S2/c33-35-27-9-7-20-22(31(27)37)3-1-5-29(20)45(39,40)43-15-17-11-24-18-13-19(25(14-18)26(24)12-17)16-44-46(41,42)30-6-2-4-23-21(30)8-10-28(36-34)32(23)38/h1-10,17-19,24-26H,11-16H2/p+2. The highest BCUT2D eigenvalue weighted by Crippen LogP contribution is 2.62. The SMILES string of the molecule is N#[N+]c1ccc2c(S(=O)(=O)OCC3CC4C5CC(COS(=O)(=O)c6cccc7c(O)c([N+]#N)ccc67)C(C5)C4C3)cccc2c1O. The first kappa shape index (κ1) is 30.3. The van der Waals surface area contributed by atoms with Crippen molar-refractivity contribution in [1.82, 2.24) is 0 Å². The minimum absolute atomic E-state index is 0.0238.